The second-order valence-electron chi connectivity index (χ2n) is 6.07. The van der Waals surface area contributed by atoms with Gasteiger partial charge in [-0.05, 0) is 24.3 Å². The number of ether oxygens (including phenoxy) is 2. The van der Waals surface area contributed by atoms with Gasteiger partial charge in [0.1, 0.15) is 5.82 Å². The minimum Gasteiger partial charge on any atom is -0.452 e. The highest BCUT2D eigenvalue weighted by Crippen LogP contribution is 2.25. The first-order chi connectivity index (χ1) is 13.7. The van der Waals surface area contributed by atoms with Crippen molar-refractivity contribution in [1.82, 2.24) is 15.1 Å². The molecule has 0 amide bonds. The summed E-state index contributed by atoms with van der Waals surface area (Å²) in [6.07, 6.45) is 1.50. The number of carbonyl (C=O) groups is 1. The van der Waals surface area contributed by atoms with E-state index >= 15 is 0 Å². The number of hydrogen-bond acceptors (Lipinski definition) is 8. The van der Waals surface area contributed by atoms with Crippen LogP contribution in [0.1, 0.15) is 16.2 Å². The number of aromatic nitrogens is 3. The highest BCUT2D eigenvalue weighted by atomic mass is 35.5. The van der Waals surface area contributed by atoms with Crippen molar-refractivity contribution in [3.05, 3.63) is 59.1 Å². The van der Waals surface area contributed by atoms with Crippen molar-refractivity contribution in [2.24, 2.45) is 0 Å². The Morgan fingerprint density at radius 1 is 1.18 bits per heavy atom. The smallest absolute Gasteiger partial charge is 0.340 e. The van der Waals surface area contributed by atoms with Crippen molar-refractivity contribution in [1.29, 1.82) is 0 Å². The Hall–Kier alpha value is -2.97. The average molecular weight is 401 g/mol. The summed E-state index contributed by atoms with van der Waals surface area (Å²) in [5.41, 5.74) is 0.997. The molecule has 3 aromatic rings. The number of benzene rings is 1. The summed E-state index contributed by atoms with van der Waals surface area (Å²) >= 11 is 6.12. The Morgan fingerprint density at radius 2 is 2.00 bits per heavy atom. The first kappa shape index (κ1) is 18.4. The van der Waals surface area contributed by atoms with Crippen LogP contribution < -0.4 is 4.90 Å². The van der Waals surface area contributed by atoms with Gasteiger partial charge >= 0.3 is 5.97 Å². The number of nitrogens with zero attached hydrogens (tertiary/aromatic N) is 4. The summed E-state index contributed by atoms with van der Waals surface area (Å²) in [6, 6.07) is 10.6. The van der Waals surface area contributed by atoms with Gasteiger partial charge in [0.25, 0.3) is 5.89 Å². The van der Waals surface area contributed by atoms with Gasteiger partial charge in [0.05, 0.1) is 23.8 Å². The Kier molecular flexibility index (Phi) is 5.50. The second kappa shape index (κ2) is 8.37. The number of esters is 1. The molecule has 1 fully saturated rings. The van der Waals surface area contributed by atoms with E-state index in [4.69, 9.17) is 25.6 Å². The molecule has 0 aliphatic carbocycles. The Labute approximate surface area is 166 Å². The molecule has 144 valence electrons. The summed E-state index contributed by atoms with van der Waals surface area (Å²) < 4.78 is 15.7. The van der Waals surface area contributed by atoms with Crippen LogP contribution in [0.15, 0.2) is 47.1 Å². The van der Waals surface area contributed by atoms with E-state index in [1.54, 1.807) is 24.3 Å². The lowest BCUT2D eigenvalue weighted by atomic mass is 10.2. The standard InChI is InChI=1S/C19H17ClN4O4/c20-15-4-2-1-3-14(15)18-22-17(28-23-18)12-27-19(25)13-5-6-16(21-11-13)24-7-9-26-10-8-24/h1-6,11H,7-10,12H2. The van der Waals surface area contributed by atoms with Crippen LogP contribution >= 0.6 is 11.6 Å². The van der Waals surface area contributed by atoms with E-state index < -0.39 is 5.97 Å². The zero-order valence-corrected chi connectivity index (χ0v) is 15.6. The third-order valence-electron chi connectivity index (χ3n) is 4.23. The second-order valence-corrected chi connectivity index (χ2v) is 6.48. The number of anilines is 1. The van der Waals surface area contributed by atoms with E-state index in [1.165, 1.54) is 6.20 Å². The molecule has 0 saturated carbocycles. The molecule has 8 nitrogen and oxygen atoms in total. The number of halogens is 1. The molecule has 9 heteroatoms. The summed E-state index contributed by atoms with van der Waals surface area (Å²) in [4.78, 5) is 22.9. The number of rotatable bonds is 5. The van der Waals surface area contributed by atoms with Crippen molar-refractivity contribution in [2.45, 2.75) is 6.61 Å². The molecule has 1 aliphatic heterocycles. The maximum absolute atomic E-state index is 12.2. The van der Waals surface area contributed by atoms with Crippen LogP contribution in [0.3, 0.4) is 0 Å². The maximum Gasteiger partial charge on any atom is 0.340 e. The van der Waals surface area contributed by atoms with Gasteiger partial charge in [-0.15, -0.1) is 0 Å². The molecule has 0 unspecified atom stereocenters. The first-order valence-corrected chi connectivity index (χ1v) is 9.12. The van der Waals surface area contributed by atoms with Crippen molar-refractivity contribution in [2.75, 3.05) is 31.2 Å². The molecule has 0 atom stereocenters. The molecule has 0 N–H and O–H groups in total. The van der Waals surface area contributed by atoms with Crippen molar-refractivity contribution < 1.29 is 18.8 Å². The van der Waals surface area contributed by atoms with E-state index in [9.17, 15) is 4.79 Å². The molecule has 0 bridgehead atoms. The van der Waals surface area contributed by atoms with Crippen molar-refractivity contribution >= 4 is 23.4 Å². The number of carbonyl (C=O) groups excluding carboxylic acids is 1. The fraction of sp³-hybridized carbons (Fsp3) is 0.263. The predicted molar refractivity (Wildman–Crippen MR) is 101 cm³/mol. The van der Waals surface area contributed by atoms with Crippen LogP contribution in [0, 0.1) is 0 Å². The molecule has 3 heterocycles. The van der Waals surface area contributed by atoms with Gasteiger partial charge in [-0.3, -0.25) is 0 Å². The molecule has 0 spiro atoms. The fourth-order valence-electron chi connectivity index (χ4n) is 2.76. The molecule has 1 aliphatic rings. The lowest BCUT2D eigenvalue weighted by Gasteiger charge is -2.27. The molecule has 2 aromatic heterocycles. The Morgan fingerprint density at radius 3 is 2.75 bits per heavy atom. The molecule has 4 rings (SSSR count). The average Bonchev–Trinajstić information content (AvgIpc) is 3.22. The molecule has 1 aromatic carbocycles. The van der Waals surface area contributed by atoms with Crippen LogP contribution in [0.5, 0.6) is 0 Å². The zero-order chi connectivity index (χ0) is 19.3. The SMILES string of the molecule is O=C(OCc1nc(-c2ccccc2Cl)no1)c1ccc(N2CCOCC2)nc1. The van der Waals surface area contributed by atoms with E-state index in [0.29, 0.717) is 35.2 Å². The first-order valence-electron chi connectivity index (χ1n) is 8.74. The van der Waals surface area contributed by atoms with Crippen LogP contribution in [-0.2, 0) is 16.1 Å². The molecule has 1 saturated heterocycles. The van der Waals surface area contributed by atoms with Gasteiger partial charge in [-0.25, -0.2) is 9.78 Å². The highest BCUT2D eigenvalue weighted by Gasteiger charge is 2.16. The van der Waals surface area contributed by atoms with Crippen LogP contribution in [-0.4, -0.2) is 47.4 Å². The maximum atomic E-state index is 12.2. The lowest BCUT2D eigenvalue weighted by Crippen LogP contribution is -2.36. The van der Waals surface area contributed by atoms with E-state index in [-0.39, 0.29) is 12.5 Å². The predicted octanol–water partition coefficient (Wildman–Crippen LogP) is 2.98. The van der Waals surface area contributed by atoms with Crippen LogP contribution in [0.4, 0.5) is 5.82 Å². The number of pyridine rings is 1. The third-order valence-corrected chi connectivity index (χ3v) is 4.56. The molecule has 28 heavy (non-hydrogen) atoms. The quantitative estimate of drug-likeness (QED) is 0.604. The summed E-state index contributed by atoms with van der Waals surface area (Å²) in [5.74, 6) is 0.814. The van der Waals surface area contributed by atoms with Crippen molar-refractivity contribution in [3.8, 4) is 11.4 Å². The molecular weight excluding hydrogens is 384 g/mol. The van der Waals surface area contributed by atoms with E-state index in [2.05, 4.69) is 20.0 Å². The number of hydrogen-bond donors (Lipinski definition) is 0. The van der Waals surface area contributed by atoms with Gasteiger partial charge in [0.2, 0.25) is 5.82 Å². The van der Waals surface area contributed by atoms with Crippen molar-refractivity contribution in [3.63, 3.8) is 0 Å². The van der Waals surface area contributed by atoms with E-state index in [0.717, 1.165) is 18.9 Å². The summed E-state index contributed by atoms with van der Waals surface area (Å²) in [6.45, 7) is 2.77. The molecule has 0 radical (unpaired) electrons. The van der Waals surface area contributed by atoms with Gasteiger partial charge < -0.3 is 18.9 Å². The van der Waals surface area contributed by atoms with Crippen LogP contribution in [0.2, 0.25) is 5.02 Å². The van der Waals surface area contributed by atoms with E-state index in [1.807, 2.05) is 12.1 Å². The largest absolute Gasteiger partial charge is 0.452 e. The number of morpholine rings is 1. The molecular formula is C19H17ClN4O4. The zero-order valence-electron chi connectivity index (χ0n) is 14.9. The van der Waals surface area contributed by atoms with Gasteiger partial charge in [-0.2, -0.15) is 4.98 Å². The monoisotopic (exact) mass is 400 g/mol. The lowest BCUT2D eigenvalue weighted by molar-refractivity contribution is 0.0429. The third kappa shape index (κ3) is 4.13. The van der Waals surface area contributed by atoms with Gasteiger partial charge in [-0.1, -0.05) is 28.9 Å². The minimum atomic E-state index is -0.515. The summed E-state index contributed by atoms with van der Waals surface area (Å²) in [5, 5.41) is 4.38. The minimum absolute atomic E-state index is 0.137. The van der Waals surface area contributed by atoms with Gasteiger partial charge in [0, 0.05) is 24.8 Å². The van der Waals surface area contributed by atoms with Gasteiger partial charge in [0.15, 0.2) is 6.61 Å². The topological polar surface area (TPSA) is 90.6 Å². The highest BCUT2D eigenvalue weighted by molar-refractivity contribution is 6.33. The Bertz CT molecular complexity index is 955. The van der Waals surface area contributed by atoms with Crippen LogP contribution in [0.25, 0.3) is 11.4 Å². The fourth-order valence-corrected chi connectivity index (χ4v) is 2.98. The summed E-state index contributed by atoms with van der Waals surface area (Å²) in [7, 11) is 0. The Balaban J connectivity index is 1.36. The normalized spacial score (nSPS) is 14.1.